The molecule has 0 spiro atoms. The number of hydrogen-bond acceptors (Lipinski definition) is 1. The normalized spacial score (nSPS) is 13.2. The lowest BCUT2D eigenvalue weighted by Gasteiger charge is -2.19. The standard InChI is InChI=1S/C18H21F2N/c1-18(2,3)14-6-4-12(5-7-14)8-17(21)13-9-15(19)11-16(20)10-13/h4-7,9-11,17H,8,21H2,1-3H3. The molecular formula is C18H21F2N. The van der Waals surface area contributed by atoms with E-state index in [4.69, 9.17) is 5.73 Å². The highest BCUT2D eigenvalue weighted by Gasteiger charge is 2.14. The van der Waals surface area contributed by atoms with Crippen LogP contribution in [-0.2, 0) is 11.8 Å². The van der Waals surface area contributed by atoms with E-state index in [0.29, 0.717) is 12.0 Å². The van der Waals surface area contributed by atoms with Crippen LogP contribution in [0, 0.1) is 11.6 Å². The quantitative estimate of drug-likeness (QED) is 0.884. The Labute approximate surface area is 124 Å². The van der Waals surface area contributed by atoms with Crippen LogP contribution in [0.2, 0.25) is 0 Å². The van der Waals surface area contributed by atoms with Gasteiger partial charge in [-0.2, -0.15) is 0 Å². The Hall–Kier alpha value is -1.74. The third kappa shape index (κ3) is 4.11. The second-order valence-electron chi connectivity index (χ2n) is 6.46. The van der Waals surface area contributed by atoms with Crippen molar-refractivity contribution in [3.8, 4) is 0 Å². The third-order valence-corrected chi connectivity index (χ3v) is 3.59. The maximum Gasteiger partial charge on any atom is 0.126 e. The summed E-state index contributed by atoms with van der Waals surface area (Å²) in [5, 5.41) is 0. The van der Waals surface area contributed by atoms with Gasteiger partial charge in [0.1, 0.15) is 11.6 Å². The molecule has 0 aliphatic carbocycles. The van der Waals surface area contributed by atoms with Gasteiger partial charge in [0.25, 0.3) is 0 Å². The Balaban J connectivity index is 2.14. The zero-order valence-corrected chi connectivity index (χ0v) is 12.7. The molecule has 2 aromatic rings. The summed E-state index contributed by atoms with van der Waals surface area (Å²) < 4.78 is 26.4. The van der Waals surface area contributed by atoms with Crippen LogP contribution in [0.5, 0.6) is 0 Å². The molecule has 3 heteroatoms. The molecular weight excluding hydrogens is 268 g/mol. The minimum absolute atomic E-state index is 0.104. The van der Waals surface area contributed by atoms with Gasteiger partial charge in [-0.25, -0.2) is 8.78 Å². The van der Waals surface area contributed by atoms with E-state index in [1.54, 1.807) is 0 Å². The van der Waals surface area contributed by atoms with E-state index < -0.39 is 17.7 Å². The van der Waals surface area contributed by atoms with Gasteiger partial charge in [0.05, 0.1) is 0 Å². The summed E-state index contributed by atoms with van der Waals surface area (Å²) in [6.07, 6.45) is 0.549. The average molecular weight is 289 g/mol. The van der Waals surface area contributed by atoms with E-state index >= 15 is 0 Å². The van der Waals surface area contributed by atoms with Crippen LogP contribution in [0.3, 0.4) is 0 Å². The first-order valence-electron chi connectivity index (χ1n) is 7.07. The Morgan fingerprint density at radius 2 is 1.48 bits per heavy atom. The Kier molecular flexibility index (Phi) is 4.43. The van der Waals surface area contributed by atoms with Crippen molar-refractivity contribution >= 4 is 0 Å². The van der Waals surface area contributed by atoms with Gasteiger partial charge in [0.2, 0.25) is 0 Å². The second-order valence-corrected chi connectivity index (χ2v) is 6.46. The summed E-state index contributed by atoms with van der Waals surface area (Å²) >= 11 is 0. The minimum atomic E-state index is -0.594. The van der Waals surface area contributed by atoms with Crippen LogP contribution < -0.4 is 5.73 Å². The Morgan fingerprint density at radius 1 is 0.952 bits per heavy atom. The zero-order valence-electron chi connectivity index (χ0n) is 12.7. The number of benzene rings is 2. The molecule has 0 saturated carbocycles. The largest absolute Gasteiger partial charge is 0.324 e. The van der Waals surface area contributed by atoms with Crippen LogP contribution in [0.1, 0.15) is 43.5 Å². The fraction of sp³-hybridized carbons (Fsp3) is 0.333. The van der Waals surface area contributed by atoms with Crippen molar-refractivity contribution in [1.29, 1.82) is 0 Å². The lowest BCUT2D eigenvalue weighted by molar-refractivity contribution is 0.572. The smallest absolute Gasteiger partial charge is 0.126 e. The van der Waals surface area contributed by atoms with Gasteiger partial charge in [-0.05, 0) is 40.7 Å². The van der Waals surface area contributed by atoms with E-state index in [-0.39, 0.29) is 5.41 Å². The van der Waals surface area contributed by atoms with Crippen molar-refractivity contribution in [2.24, 2.45) is 5.73 Å². The summed E-state index contributed by atoms with van der Waals surface area (Å²) in [4.78, 5) is 0. The topological polar surface area (TPSA) is 26.0 Å². The molecule has 2 aromatic carbocycles. The van der Waals surface area contributed by atoms with Gasteiger partial charge in [0.15, 0.2) is 0 Å². The number of rotatable bonds is 3. The van der Waals surface area contributed by atoms with Crippen LogP contribution in [0.4, 0.5) is 8.78 Å². The summed E-state index contributed by atoms with van der Waals surface area (Å²) in [5.41, 5.74) is 8.94. The number of hydrogen-bond donors (Lipinski definition) is 1. The molecule has 2 N–H and O–H groups in total. The number of halogens is 2. The van der Waals surface area contributed by atoms with E-state index in [2.05, 4.69) is 32.9 Å². The molecule has 1 atom stereocenters. The minimum Gasteiger partial charge on any atom is -0.324 e. The van der Waals surface area contributed by atoms with E-state index in [9.17, 15) is 8.78 Å². The van der Waals surface area contributed by atoms with Crippen LogP contribution in [0.25, 0.3) is 0 Å². The highest BCUT2D eigenvalue weighted by Crippen LogP contribution is 2.24. The van der Waals surface area contributed by atoms with Crippen LogP contribution >= 0.6 is 0 Å². The Morgan fingerprint density at radius 3 is 1.95 bits per heavy atom. The molecule has 112 valence electrons. The summed E-state index contributed by atoms with van der Waals surface area (Å²) in [6.45, 7) is 6.47. The van der Waals surface area contributed by atoms with Crippen molar-refractivity contribution < 1.29 is 8.78 Å². The van der Waals surface area contributed by atoms with Crippen molar-refractivity contribution in [1.82, 2.24) is 0 Å². The monoisotopic (exact) mass is 289 g/mol. The molecule has 1 nitrogen and oxygen atoms in total. The summed E-state index contributed by atoms with van der Waals surface area (Å²) in [7, 11) is 0. The molecule has 0 aromatic heterocycles. The molecule has 0 bridgehead atoms. The molecule has 0 aliphatic rings. The second kappa shape index (κ2) is 5.94. The van der Waals surface area contributed by atoms with Crippen molar-refractivity contribution in [2.75, 3.05) is 0 Å². The zero-order chi connectivity index (χ0) is 15.6. The molecule has 0 aliphatic heterocycles. The third-order valence-electron chi connectivity index (χ3n) is 3.59. The first-order chi connectivity index (χ1) is 9.75. The highest BCUT2D eigenvalue weighted by molar-refractivity contribution is 5.29. The molecule has 0 radical (unpaired) electrons. The van der Waals surface area contributed by atoms with Crippen molar-refractivity contribution in [3.05, 3.63) is 70.8 Å². The Bertz CT molecular complexity index is 592. The first kappa shape index (κ1) is 15.6. The number of nitrogens with two attached hydrogens (primary N) is 1. The fourth-order valence-electron chi connectivity index (χ4n) is 2.30. The lowest BCUT2D eigenvalue weighted by Crippen LogP contribution is -2.15. The summed E-state index contributed by atoms with van der Waals surface area (Å²) in [5.74, 6) is -1.19. The van der Waals surface area contributed by atoms with Gasteiger partial charge < -0.3 is 5.73 Å². The maximum absolute atomic E-state index is 13.2. The molecule has 21 heavy (non-hydrogen) atoms. The van der Waals surface area contributed by atoms with Crippen molar-refractivity contribution in [2.45, 2.75) is 38.6 Å². The van der Waals surface area contributed by atoms with Crippen LogP contribution in [0.15, 0.2) is 42.5 Å². The summed E-state index contributed by atoms with van der Waals surface area (Å²) in [6, 6.07) is 11.2. The van der Waals surface area contributed by atoms with Gasteiger partial charge in [-0.3, -0.25) is 0 Å². The predicted octanol–water partition coefficient (Wildman–Crippen LogP) is 4.50. The SMILES string of the molecule is CC(C)(C)c1ccc(CC(N)c2cc(F)cc(F)c2)cc1. The van der Waals surface area contributed by atoms with Crippen molar-refractivity contribution in [3.63, 3.8) is 0 Å². The molecule has 1 unspecified atom stereocenters. The van der Waals surface area contributed by atoms with E-state index in [0.717, 1.165) is 11.6 Å². The molecule has 2 rings (SSSR count). The van der Waals surface area contributed by atoms with Gasteiger partial charge in [-0.15, -0.1) is 0 Å². The first-order valence-corrected chi connectivity index (χ1v) is 7.07. The molecule has 0 heterocycles. The highest BCUT2D eigenvalue weighted by atomic mass is 19.1. The van der Waals surface area contributed by atoms with E-state index in [1.165, 1.54) is 17.7 Å². The van der Waals surface area contributed by atoms with Gasteiger partial charge in [0, 0.05) is 12.1 Å². The van der Waals surface area contributed by atoms with Gasteiger partial charge >= 0.3 is 0 Å². The molecule has 0 amide bonds. The fourth-order valence-corrected chi connectivity index (χ4v) is 2.30. The molecule has 0 fully saturated rings. The predicted molar refractivity (Wildman–Crippen MR) is 82.1 cm³/mol. The molecule has 0 saturated heterocycles. The van der Waals surface area contributed by atoms with Crippen LogP contribution in [-0.4, -0.2) is 0 Å². The van der Waals surface area contributed by atoms with E-state index in [1.807, 2.05) is 12.1 Å². The lowest BCUT2D eigenvalue weighted by atomic mass is 9.86. The van der Waals surface area contributed by atoms with Gasteiger partial charge in [-0.1, -0.05) is 45.0 Å². The average Bonchev–Trinajstić information content (AvgIpc) is 2.37. The maximum atomic E-state index is 13.2.